The lowest BCUT2D eigenvalue weighted by molar-refractivity contribution is -0.151. The Hall–Kier alpha value is -2.70. The van der Waals surface area contributed by atoms with Crippen LogP contribution in [0.5, 0.6) is 0 Å². The van der Waals surface area contributed by atoms with Crippen LogP contribution in [-0.4, -0.2) is 53.8 Å². The number of carbonyl (C=O) groups is 2. The molecular weight excluding hydrogens is 326 g/mol. The van der Waals surface area contributed by atoms with Gasteiger partial charge < -0.3 is 26.2 Å². The van der Waals surface area contributed by atoms with Crippen molar-refractivity contribution in [1.29, 1.82) is 5.26 Å². The highest BCUT2D eigenvalue weighted by Crippen LogP contribution is 2.37. The number of nitriles is 1. The van der Waals surface area contributed by atoms with E-state index in [1.807, 2.05) is 11.0 Å². The highest BCUT2D eigenvalue weighted by Gasteiger charge is 2.55. The Kier molecular flexibility index (Phi) is 4.97. The molecule has 5 N–H and O–H groups in total. The first kappa shape index (κ1) is 18.6. The van der Waals surface area contributed by atoms with E-state index in [0.717, 1.165) is 0 Å². The first-order chi connectivity index (χ1) is 11.7. The molecule has 2 heterocycles. The van der Waals surface area contributed by atoms with Crippen LogP contribution < -0.4 is 16.4 Å². The summed E-state index contributed by atoms with van der Waals surface area (Å²) in [5.74, 6) is -2.75. The molecule has 0 aromatic carbocycles. The number of amides is 1. The first-order valence-electron chi connectivity index (χ1n) is 7.71. The number of carboxylic acid groups (broad SMARTS) is 1. The Balaban J connectivity index is 2.60. The molecule has 1 unspecified atom stereocenters. The van der Waals surface area contributed by atoms with Crippen LogP contribution in [0.15, 0.2) is 12.3 Å². The maximum atomic E-state index is 11.9. The van der Waals surface area contributed by atoms with Gasteiger partial charge in [0.2, 0.25) is 11.4 Å². The summed E-state index contributed by atoms with van der Waals surface area (Å²) in [6.45, 7) is 5.30. The van der Waals surface area contributed by atoms with Crippen molar-refractivity contribution in [3.8, 4) is 6.07 Å². The van der Waals surface area contributed by atoms with Crippen LogP contribution in [0.1, 0.15) is 25.1 Å². The van der Waals surface area contributed by atoms with Gasteiger partial charge in [-0.05, 0) is 11.6 Å². The number of hydrogen-bond donors (Lipinski definition) is 3. The minimum Gasteiger partial charge on any atom is -0.479 e. The molecule has 0 bridgehead atoms. The molecule has 9 heteroatoms. The van der Waals surface area contributed by atoms with Crippen LogP contribution in [-0.2, 0) is 19.7 Å². The fourth-order valence-corrected chi connectivity index (χ4v) is 2.91. The summed E-state index contributed by atoms with van der Waals surface area (Å²) in [5, 5.41) is 18.9. The van der Waals surface area contributed by atoms with Gasteiger partial charge >= 0.3 is 5.97 Å². The Morgan fingerprint density at radius 2 is 2.00 bits per heavy atom. The number of anilines is 1. The summed E-state index contributed by atoms with van der Waals surface area (Å²) in [5.41, 5.74) is 8.28. The second-order valence-electron chi connectivity index (χ2n) is 6.40. The van der Waals surface area contributed by atoms with Gasteiger partial charge in [0.25, 0.3) is 0 Å². The number of aromatic nitrogens is 1. The van der Waals surface area contributed by atoms with Crippen LogP contribution in [0.25, 0.3) is 0 Å². The highest BCUT2D eigenvalue weighted by molar-refractivity contribution is 6.07. The number of aliphatic carboxylic acids is 1. The van der Waals surface area contributed by atoms with E-state index < -0.39 is 22.8 Å². The molecule has 0 radical (unpaired) electrons. The molecule has 134 valence electrons. The number of pyridine rings is 1. The van der Waals surface area contributed by atoms with Crippen molar-refractivity contribution in [2.75, 3.05) is 31.2 Å². The summed E-state index contributed by atoms with van der Waals surface area (Å²) in [4.78, 5) is 29.7. The molecule has 1 atom stereocenters. The van der Waals surface area contributed by atoms with Gasteiger partial charge in [-0.1, -0.05) is 13.8 Å². The maximum Gasteiger partial charge on any atom is 0.334 e. The average molecular weight is 347 g/mol. The van der Waals surface area contributed by atoms with Gasteiger partial charge in [-0.3, -0.25) is 4.79 Å². The van der Waals surface area contributed by atoms with Gasteiger partial charge in [-0.2, -0.15) is 5.26 Å². The lowest BCUT2D eigenvalue weighted by Crippen LogP contribution is -2.68. The second kappa shape index (κ2) is 6.66. The van der Waals surface area contributed by atoms with E-state index in [0.29, 0.717) is 32.0 Å². The van der Waals surface area contributed by atoms with E-state index in [-0.39, 0.29) is 11.3 Å². The number of nitrogens with two attached hydrogens (primary N) is 2. The fourth-order valence-electron chi connectivity index (χ4n) is 2.91. The number of rotatable bonds is 5. The Morgan fingerprint density at radius 3 is 2.48 bits per heavy atom. The summed E-state index contributed by atoms with van der Waals surface area (Å²) in [7, 11) is 0. The zero-order chi connectivity index (χ0) is 18.8. The van der Waals surface area contributed by atoms with Gasteiger partial charge in [0, 0.05) is 18.5 Å². The third kappa shape index (κ3) is 3.01. The quantitative estimate of drug-likeness (QED) is 0.592. The van der Waals surface area contributed by atoms with Gasteiger partial charge in [0.1, 0.15) is 11.8 Å². The summed E-state index contributed by atoms with van der Waals surface area (Å²) in [6.07, 6.45) is 1.53. The number of nitrogens with zero attached hydrogens (tertiary/aromatic N) is 3. The number of hydrogen-bond acceptors (Lipinski definition) is 7. The maximum absolute atomic E-state index is 11.9. The van der Waals surface area contributed by atoms with Crippen LogP contribution in [0.4, 0.5) is 5.69 Å². The largest absolute Gasteiger partial charge is 0.479 e. The molecule has 1 aromatic heterocycles. The summed E-state index contributed by atoms with van der Waals surface area (Å²) < 4.78 is 5.31. The third-order valence-corrected chi connectivity index (χ3v) is 4.74. The van der Waals surface area contributed by atoms with E-state index in [2.05, 4.69) is 4.98 Å². The Bertz CT molecular complexity index is 721. The SMILES string of the molecule is CC(C)(c1cc(N2CCOCC2)cnc1C#N)C(N)(C(N)=O)C(=O)O. The van der Waals surface area contributed by atoms with E-state index in [1.54, 1.807) is 6.07 Å². The topological polar surface area (TPSA) is 156 Å². The van der Waals surface area contributed by atoms with Crippen molar-refractivity contribution < 1.29 is 19.4 Å². The molecule has 1 amide bonds. The summed E-state index contributed by atoms with van der Waals surface area (Å²) in [6, 6.07) is 3.57. The van der Waals surface area contributed by atoms with Crippen molar-refractivity contribution >= 4 is 17.6 Å². The van der Waals surface area contributed by atoms with Crippen LogP contribution in [0.3, 0.4) is 0 Å². The first-order valence-corrected chi connectivity index (χ1v) is 7.71. The number of morpholine rings is 1. The predicted molar refractivity (Wildman–Crippen MR) is 88.8 cm³/mol. The molecule has 0 spiro atoms. The molecule has 1 aliphatic heterocycles. The molecule has 1 saturated heterocycles. The molecule has 0 aliphatic carbocycles. The third-order valence-electron chi connectivity index (χ3n) is 4.74. The average Bonchev–Trinajstić information content (AvgIpc) is 2.60. The van der Waals surface area contributed by atoms with Crippen molar-refractivity contribution in [2.45, 2.75) is 24.8 Å². The molecule has 0 saturated carbocycles. The zero-order valence-electron chi connectivity index (χ0n) is 14.2. The number of primary amides is 1. The van der Waals surface area contributed by atoms with Gasteiger partial charge in [-0.25, -0.2) is 9.78 Å². The van der Waals surface area contributed by atoms with Crippen molar-refractivity contribution in [3.05, 3.63) is 23.5 Å². The standard InChI is InChI=1S/C16H21N5O4/c1-15(2,16(19,13(18)22)14(23)24)11-7-10(9-20-12(11)8-17)21-3-5-25-6-4-21/h7,9H,3-6,19H2,1-2H3,(H2,18,22)(H,23,24). The minimum atomic E-state index is -2.40. The van der Waals surface area contributed by atoms with Crippen LogP contribution >= 0.6 is 0 Å². The molecule has 9 nitrogen and oxygen atoms in total. The van der Waals surface area contributed by atoms with E-state index in [1.165, 1.54) is 20.0 Å². The minimum absolute atomic E-state index is 0.000616. The van der Waals surface area contributed by atoms with Crippen molar-refractivity contribution in [1.82, 2.24) is 4.98 Å². The lowest BCUT2D eigenvalue weighted by Gasteiger charge is -2.39. The number of ether oxygens (including phenoxy) is 1. The van der Waals surface area contributed by atoms with Gasteiger partial charge in [0.15, 0.2) is 0 Å². The van der Waals surface area contributed by atoms with E-state index in [4.69, 9.17) is 16.2 Å². The predicted octanol–water partition coefficient (Wildman–Crippen LogP) is -0.665. The van der Waals surface area contributed by atoms with Crippen molar-refractivity contribution in [2.24, 2.45) is 11.5 Å². The van der Waals surface area contributed by atoms with Crippen LogP contribution in [0, 0.1) is 11.3 Å². The molecule has 25 heavy (non-hydrogen) atoms. The second-order valence-corrected chi connectivity index (χ2v) is 6.40. The smallest absolute Gasteiger partial charge is 0.334 e. The fraction of sp³-hybridized carbons (Fsp3) is 0.500. The Labute approximate surface area is 145 Å². The van der Waals surface area contributed by atoms with Gasteiger partial charge in [-0.15, -0.1) is 0 Å². The number of carboxylic acids is 1. The monoisotopic (exact) mass is 347 g/mol. The van der Waals surface area contributed by atoms with Crippen molar-refractivity contribution in [3.63, 3.8) is 0 Å². The van der Waals surface area contributed by atoms with E-state index >= 15 is 0 Å². The normalized spacial score (nSPS) is 17.4. The zero-order valence-corrected chi connectivity index (χ0v) is 14.2. The molecule has 1 aliphatic rings. The van der Waals surface area contributed by atoms with E-state index in [9.17, 15) is 20.0 Å². The molecular formula is C16H21N5O4. The number of carbonyl (C=O) groups excluding carboxylic acids is 1. The molecule has 2 rings (SSSR count). The lowest BCUT2D eigenvalue weighted by atomic mass is 9.67. The molecule has 1 fully saturated rings. The Morgan fingerprint density at radius 1 is 1.40 bits per heavy atom. The highest BCUT2D eigenvalue weighted by atomic mass is 16.5. The van der Waals surface area contributed by atoms with Crippen LogP contribution in [0.2, 0.25) is 0 Å². The molecule has 1 aromatic rings. The summed E-state index contributed by atoms with van der Waals surface area (Å²) >= 11 is 0. The van der Waals surface area contributed by atoms with Gasteiger partial charge in [0.05, 0.1) is 25.1 Å².